The van der Waals surface area contributed by atoms with Crippen LogP contribution in [0.3, 0.4) is 0 Å². The monoisotopic (exact) mass is 266 g/mol. The Bertz CT molecular complexity index is 380. The smallest absolute Gasteiger partial charge is 0.0941 e. The molecule has 4 nitrogen and oxygen atoms in total. The number of hydrogen-bond acceptors (Lipinski definition) is 5. The highest BCUT2D eigenvalue weighted by atomic mass is 32.1. The minimum absolute atomic E-state index is 0.701. The van der Waals surface area contributed by atoms with Gasteiger partial charge in [0, 0.05) is 50.6 Å². The van der Waals surface area contributed by atoms with Crippen LogP contribution in [0.4, 0.5) is 0 Å². The van der Waals surface area contributed by atoms with Gasteiger partial charge in [-0.15, -0.1) is 11.3 Å². The first kappa shape index (κ1) is 12.5. The molecule has 2 aliphatic rings. The SMILES string of the molecule is NCCc1nc(CN2CCN(C3CC3)CC2)cs1. The van der Waals surface area contributed by atoms with Gasteiger partial charge in [-0.25, -0.2) is 4.98 Å². The predicted molar refractivity (Wildman–Crippen MR) is 74.7 cm³/mol. The van der Waals surface area contributed by atoms with Gasteiger partial charge in [-0.2, -0.15) is 0 Å². The number of piperazine rings is 1. The lowest BCUT2D eigenvalue weighted by Crippen LogP contribution is -2.46. The highest BCUT2D eigenvalue weighted by Crippen LogP contribution is 2.27. The zero-order valence-electron chi connectivity index (χ0n) is 10.8. The van der Waals surface area contributed by atoms with Gasteiger partial charge in [-0.05, 0) is 19.4 Å². The molecule has 2 heterocycles. The van der Waals surface area contributed by atoms with Crippen LogP contribution in [0.5, 0.6) is 0 Å². The predicted octanol–water partition coefficient (Wildman–Crippen LogP) is 0.924. The third-order valence-electron chi connectivity index (χ3n) is 3.81. The number of thiazole rings is 1. The Balaban J connectivity index is 1.47. The summed E-state index contributed by atoms with van der Waals surface area (Å²) < 4.78 is 0. The van der Waals surface area contributed by atoms with Crippen molar-refractivity contribution in [1.82, 2.24) is 14.8 Å². The second-order valence-corrected chi connectivity index (χ2v) is 6.26. The van der Waals surface area contributed by atoms with E-state index in [-0.39, 0.29) is 0 Å². The van der Waals surface area contributed by atoms with E-state index in [1.807, 2.05) is 0 Å². The Morgan fingerprint density at radius 1 is 1.28 bits per heavy atom. The Kier molecular flexibility index (Phi) is 3.94. The van der Waals surface area contributed by atoms with Crippen LogP contribution in [0.2, 0.25) is 0 Å². The van der Waals surface area contributed by atoms with Gasteiger partial charge < -0.3 is 5.73 Å². The molecular weight excluding hydrogens is 244 g/mol. The third kappa shape index (κ3) is 3.09. The van der Waals surface area contributed by atoms with E-state index in [1.54, 1.807) is 11.3 Å². The summed E-state index contributed by atoms with van der Waals surface area (Å²) in [5.41, 5.74) is 6.78. The Morgan fingerprint density at radius 2 is 2.06 bits per heavy atom. The molecule has 0 radical (unpaired) electrons. The number of nitrogens with zero attached hydrogens (tertiary/aromatic N) is 3. The lowest BCUT2D eigenvalue weighted by atomic mass is 10.3. The molecule has 2 fully saturated rings. The fraction of sp³-hybridized carbons (Fsp3) is 0.769. The van der Waals surface area contributed by atoms with E-state index in [9.17, 15) is 0 Å². The van der Waals surface area contributed by atoms with E-state index < -0.39 is 0 Å². The molecule has 1 saturated carbocycles. The molecule has 0 bridgehead atoms. The van der Waals surface area contributed by atoms with E-state index in [0.717, 1.165) is 19.0 Å². The van der Waals surface area contributed by atoms with Crippen molar-refractivity contribution in [1.29, 1.82) is 0 Å². The number of nitrogens with two attached hydrogens (primary N) is 1. The summed E-state index contributed by atoms with van der Waals surface area (Å²) in [5.74, 6) is 0. The maximum absolute atomic E-state index is 5.55. The first-order valence-electron chi connectivity index (χ1n) is 6.95. The summed E-state index contributed by atoms with van der Waals surface area (Å²) in [6.07, 6.45) is 3.77. The first-order valence-corrected chi connectivity index (χ1v) is 7.83. The van der Waals surface area contributed by atoms with Gasteiger partial charge in [0.1, 0.15) is 0 Å². The molecule has 3 rings (SSSR count). The average Bonchev–Trinajstić information content (AvgIpc) is 3.14. The maximum Gasteiger partial charge on any atom is 0.0941 e. The van der Waals surface area contributed by atoms with Crippen LogP contribution < -0.4 is 5.73 Å². The zero-order chi connectivity index (χ0) is 12.4. The molecule has 0 atom stereocenters. The molecule has 5 heteroatoms. The minimum Gasteiger partial charge on any atom is -0.330 e. The third-order valence-corrected chi connectivity index (χ3v) is 4.77. The summed E-state index contributed by atoms with van der Waals surface area (Å²) in [7, 11) is 0. The topological polar surface area (TPSA) is 45.4 Å². The summed E-state index contributed by atoms with van der Waals surface area (Å²) in [6, 6.07) is 0.919. The molecule has 1 aliphatic heterocycles. The summed E-state index contributed by atoms with van der Waals surface area (Å²) in [4.78, 5) is 9.82. The Morgan fingerprint density at radius 3 is 2.72 bits per heavy atom. The van der Waals surface area contributed by atoms with Crippen molar-refractivity contribution in [3.63, 3.8) is 0 Å². The van der Waals surface area contributed by atoms with Gasteiger partial charge in [-0.3, -0.25) is 9.80 Å². The standard InChI is InChI=1S/C13H22N4S/c14-4-3-13-15-11(10-18-13)9-16-5-7-17(8-6-16)12-1-2-12/h10,12H,1-9,14H2. The quantitative estimate of drug-likeness (QED) is 0.861. The summed E-state index contributed by atoms with van der Waals surface area (Å²) in [5, 5.41) is 3.38. The molecule has 0 amide bonds. The van der Waals surface area contributed by atoms with Crippen molar-refractivity contribution in [3.05, 3.63) is 16.1 Å². The fourth-order valence-corrected chi connectivity index (χ4v) is 3.42. The number of aromatic nitrogens is 1. The van der Waals surface area contributed by atoms with Crippen LogP contribution in [0.15, 0.2) is 5.38 Å². The van der Waals surface area contributed by atoms with Crippen LogP contribution in [0, 0.1) is 0 Å². The summed E-state index contributed by atoms with van der Waals surface area (Å²) in [6.45, 7) is 6.59. The van der Waals surface area contributed by atoms with Crippen molar-refractivity contribution in [2.75, 3.05) is 32.7 Å². The van der Waals surface area contributed by atoms with E-state index in [0.29, 0.717) is 6.54 Å². The molecular formula is C13H22N4S. The molecule has 0 unspecified atom stereocenters. The second kappa shape index (κ2) is 5.65. The van der Waals surface area contributed by atoms with E-state index in [2.05, 4.69) is 20.2 Å². The van der Waals surface area contributed by atoms with Crippen molar-refractivity contribution >= 4 is 11.3 Å². The molecule has 18 heavy (non-hydrogen) atoms. The highest BCUT2D eigenvalue weighted by molar-refractivity contribution is 7.09. The van der Waals surface area contributed by atoms with Crippen LogP contribution in [0.1, 0.15) is 23.5 Å². The van der Waals surface area contributed by atoms with E-state index >= 15 is 0 Å². The molecule has 0 aromatic carbocycles. The molecule has 100 valence electrons. The minimum atomic E-state index is 0.701. The Hall–Kier alpha value is -0.490. The highest BCUT2D eigenvalue weighted by Gasteiger charge is 2.31. The van der Waals surface area contributed by atoms with Crippen LogP contribution in [0.25, 0.3) is 0 Å². The molecule has 1 aromatic rings. The van der Waals surface area contributed by atoms with E-state index in [4.69, 9.17) is 5.73 Å². The lowest BCUT2D eigenvalue weighted by molar-refractivity contribution is 0.120. The number of rotatable bonds is 5. The lowest BCUT2D eigenvalue weighted by Gasteiger charge is -2.34. The van der Waals surface area contributed by atoms with Gasteiger partial charge in [0.05, 0.1) is 10.7 Å². The molecule has 2 N–H and O–H groups in total. The second-order valence-electron chi connectivity index (χ2n) is 5.31. The van der Waals surface area contributed by atoms with Crippen molar-refractivity contribution in [3.8, 4) is 0 Å². The van der Waals surface area contributed by atoms with Gasteiger partial charge in [0.2, 0.25) is 0 Å². The zero-order valence-corrected chi connectivity index (χ0v) is 11.7. The van der Waals surface area contributed by atoms with Crippen molar-refractivity contribution in [2.24, 2.45) is 5.73 Å². The van der Waals surface area contributed by atoms with Crippen LogP contribution in [-0.2, 0) is 13.0 Å². The maximum atomic E-state index is 5.55. The molecule has 1 saturated heterocycles. The summed E-state index contributed by atoms with van der Waals surface area (Å²) >= 11 is 1.75. The Labute approximate surface area is 113 Å². The first-order chi connectivity index (χ1) is 8.85. The van der Waals surface area contributed by atoms with Crippen LogP contribution >= 0.6 is 11.3 Å². The largest absolute Gasteiger partial charge is 0.330 e. The van der Waals surface area contributed by atoms with Gasteiger partial charge >= 0.3 is 0 Å². The molecule has 1 aliphatic carbocycles. The fourth-order valence-electron chi connectivity index (χ4n) is 2.62. The molecule has 0 spiro atoms. The van der Waals surface area contributed by atoms with Crippen molar-refractivity contribution in [2.45, 2.75) is 31.8 Å². The van der Waals surface area contributed by atoms with Crippen molar-refractivity contribution < 1.29 is 0 Å². The van der Waals surface area contributed by atoms with Gasteiger partial charge in [-0.1, -0.05) is 0 Å². The normalized spacial score (nSPS) is 22.5. The van der Waals surface area contributed by atoms with Crippen LogP contribution in [-0.4, -0.2) is 53.5 Å². The van der Waals surface area contributed by atoms with Gasteiger partial charge in [0.25, 0.3) is 0 Å². The average molecular weight is 266 g/mol. The molecule has 1 aromatic heterocycles. The van der Waals surface area contributed by atoms with E-state index in [1.165, 1.54) is 49.7 Å². The van der Waals surface area contributed by atoms with Gasteiger partial charge in [0.15, 0.2) is 0 Å². The number of hydrogen-bond donors (Lipinski definition) is 1.